The van der Waals surface area contributed by atoms with Crippen molar-refractivity contribution in [1.29, 1.82) is 0 Å². The molecule has 1 rings (SSSR count). The minimum absolute atomic E-state index is 0.739. The maximum Gasteiger partial charge on any atom is 0.0221 e. The van der Waals surface area contributed by atoms with Gasteiger partial charge in [0.25, 0.3) is 0 Å². The van der Waals surface area contributed by atoms with Crippen LogP contribution in [0.2, 0.25) is 0 Å². The van der Waals surface area contributed by atoms with Crippen molar-refractivity contribution in [2.45, 2.75) is 18.9 Å². The summed E-state index contributed by atoms with van der Waals surface area (Å²) in [6, 6.07) is 0.739. The minimum Gasteiger partial charge on any atom is -0.329 e. The van der Waals surface area contributed by atoms with Crippen LogP contribution in [0.25, 0.3) is 0 Å². The van der Waals surface area contributed by atoms with Gasteiger partial charge in [0, 0.05) is 25.7 Å². The summed E-state index contributed by atoms with van der Waals surface area (Å²) in [5, 5.41) is 3.22. The van der Waals surface area contributed by atoms with Gasteiger partial charge in [0.2, 0.25) is 0 Å². The largest absolute Gasteiger partial charge is 0.329 e. The summed E-state index contributed by atoms with van der Waals surface area (Å²) < 4.78 is 0. The summed E-state index contributed by atoms with van der Waals surface area (Å²) in [5.74, 6) is 0. The molecule has 3 heteroatoms. The second kappa shape index (κ2) is 4.70. The molecule has 11 heavy (non-hydrogen) atoms. The molecule has 3 N–H and O–H groups in total. The molecule has 0 amide bonds. The molecule has 0 bridgehead atoms. The monoisotopic (exact) mass is 157 g/mol. The van der Waals surface area contributed by atoms with E-state index >= 15 is 0 Å². The standard InChI is InChI=1S/C8H19N3/c1-10-7-8-3-2-5-11(8)6-4-9/h8,10H,2-7,9H2,1H3. The molecule has 0 aliphatic carbocycles. The van der Waals surface area contributed by atoms with Gasteiger partial charge in [0.1, 0.15) is 0 Å². The number of hydrogen-bond donors (Lipinski definition) is 2. The summed E-state index contributed by atoms with van der Waals surface area (Å²) in [6.07, 6.45) is 2.67. The van der Waals surface area contributed by atoms with Gasteiger partial charge in [-0.25, -0.2) is 0 Å². The fraction of sp³-hybridized carbons (Fsp3) is 1.00. The van der Waals surface area contributed by atoms with Crippen LogP contribution in [0.4, 0.5) is 0 Å². The van der Waals surface area contributed by atoms with Gasteiger partial charge in [0.15, 0.2) is 0 Å². The molecule has 1 aliphatic rings. The number of likely N-dealkylation sites (tertiary alicyclic amines) is 1. The van der Waals surface area contributed by atoms with Gasteiger partial charge in [-0.3, -0.25) is 4.90 Å². The van der Waals surface area contributed by atoms with Crippen LogP contribution >= 0.6 is 0 Å². The normalized spacial score (nSPS) is 26.2. The number of nitrogens with two attached hydrogens (primary N) is 1. The predicted octanol–water partition coefficient (Wildman–Crippen LogP) is -0.371. The quantitative estimate of drug-likeness (QED) is 0.585. The Labute approximate surface area is 68.9 Å². The highest BCUT2D eigenvalue weighted by Gasteiger charge is 2.22. The Morgan fingerprint density at radius 3 is 3.09 bits per heavy atom. The van der Waals surface area contributed by atoms with Crippen molar-refractivity contribution in [3.8, 4) is 0 Å². The highest BCUT2D eigenvalue weighted by molar-refractivity contribution is 4.80. The molecule has 0 aromatic carbocycles. The van der Waals surface area contributed by atoms with Crippen molar-refractivity contribution in [3.63, 3.8) is 0 Å². The Bertz CT molecular complexity index is 93.5. The maximum atomic E-state index is 5.50. The van der Waals surface area contributed by atoms with Gasteiger partial charge in [-0.1, -0.05) is 0 Å². The van der Waals surface area contributed by atoms with Crippen LogP contribution in [0.5, 0.6) is 0 Å². The second-order valence-corrected chi connectivity index (χ2v) is 3.18. The number of nitrogens with zero attached hydrogens (tertiary/aromatic N) is 1. The molecule has 1 heterocycles. The fourth-order valence-electron chi connectivity index (χ4n) is 1.82. The molecule has 0 aromatic heterocycles. The third kappa shape index (κ3) is 2.43. The Morgan fingerprint density at radius 1 is 1.64 bits per heavy atom. The van der Waals surface area contributed by atoms with Crippen LogP contribution in [0.15, 0.2) is 0 Å². The summed E-state index contributed by atoms with van der Waals surface area (Å²) in [4.78, 5) is 2.48. The van der Waals surface area contributed by atoms with E-state index in [9.17, 15) is 0 Å². The van der Waals surface area contributed by atoms with E-state index < -0.39 is 0 Å². The van der Waals surface area contributed by atoms with E-state index in [4.69, 9.17) is 5.73 Å². The number of nitrogens with one attached hydrogen (secondary N) is 1. The first-order valence-electron chi connectivity index (χ1n) is 4.47. The number of rotatable bonds is 4. The molecule has 0 spiro atoms. The minimum atomic E-state index is 0.739. The van der Waals surface area contributed by atoms with Crippen LogP contribution in [-0.2, 0) is 0 Å². The van der Waals surface area contributed by atoms with Crippen LogP contribution in [0.3, 0.4) is 0 Å². The molecule has 1 saturated heterocycles. The molecule has 1 unspecified atom stereocenters. The SMILES string of the molecule is CNCC1CCCN1CCN. The number of likely N-dealkylation sites (N-methyl/N-ethyl adjacent to an activating group) is 1. The highest BCUT2D eigenvalue weighted by atomic mass is 15.2. The van der Waals surface area contributed by atoms with Gasteiger partial charge in [-0.05, 0) is 26.4 Å². The molecule has 0 radical (unpaired) electrons. The average Bonchev–Trinajstić information content (AvgIpc) is 2.39. The van der Waals surface area contributed by atoms with Crippen LogP contribution in [-0.4, -0.2) is 44.2 Å². The zero-order valence-corrected chi connectivity index (χ0v) is 7.34. The van der Waals surface area contributed by atoms with E-state index in [2.05, 4.69) is 10.2 Å². The van der Waals surface area contributed by atoms with Crippen molar-refractivity contribution < 1.29 is 0 Å². The smallest absolute Gasteiger partial charge is 0.0221 e. The van der Waals surface area contributed by atoms with E-state index in [0.717, 1.165) is 25.7 Å². The molecule has 3 nitrogen and oxygen atoms in total. The predicted molar refractivity (Wildman–Crippen MR) is 47.6 cm³/mol. The zero-order chi connectivity index (χ0) is 8.10. The van der Waals surface area contributed by atoms with E-state index in [1.54, 1.807) is 0 Å². The molecule has 66 valence electrons. The third-order valence-corrected chi connectivity index (χ3v) is 2.36. The first-order chi connectivity index (χ1) is 5.38. The van der Waals surface area contributed by atoms with Gasteiger partial charge in [-0.15, -0.1) is 0 Å². The van der Waals surface area contributed by atoms with E-state index in [-0.39, 0.29) is 0 Å². The van der Waals surface area contributed by atoms with Crippen molar-refractivity contribution in [2.75, 3.05) is 33.2 Å². The van der Waals surface area contributed by atoms with Crippen LogP contribution in [0.1, 0.15) is 12.8 Å². The lowest BCUT2D eigenvalue weighted by Gasteiger charge is -2.23. The van der Waals surface area contributed by atoms with Crippen molar-refractivity contribution >= 4 is 0 Å². The maximum absolute atomic E-state index is 5.50. The van der Waals surface area contributed by atoms with Gasteiger partial charge in [0.05, 0.1) is 0 Å². The van der Waals surface area contributed by atoms with Gasteiger partial charge >= 0.3 is 0 Å². The van der Waals surface area contributed by atoms with E-state index in [1.807, 2.05) is 7.05 Å². The molecule has 1 fully saturated rings. The molecule has 1 atom stereocenters. The molecular formula is C8H19N3. The first kappa shape index (κ1) is 8.97. The molecule has 1 aliphatic heterocycles. The Kier molecular flexibility index (Phi) is 3.83. The number of hydrogen-bond acceptors (Lipinski definition) is 3. The molecule has 0 aromatic rings. The first-order valence-corrected chi connectivity index (χ1v) is 4.47. The van der Waals surface area contributed by atoms with Crippen molar-refractivity contribution in [3.05, 3.63) is 0 Å². The average molecular weight is 157 g/mol. The van der Waals surface area contributed by atoms with Crippen molar-refractivity contribution in [1.82, 2.24) is 10.2 Å². The Balaban J connectivity index is 2.25. The van der Waals surface area contributed by atoms with Crippen molar-refractivity contribution in [2.24, 2.45) is 5.73 Å². The highest BCUT2D eigenvalue weighted by Crippen LogP contribution is 2.14. The summed E-state index contributed by atoms with van der Waals surface area (Å²) in [7, 11) is 2.01. The van der Waals surface area contributed by atoms with Gasteiger partial charge < -0.3 is 11.1 Å². The summed E-state index contributed by atoms with van der Waals surface area (Å²) in [6.45, 7) is 4.20. The third-order valence-electron chi connectivity index (χ3n) is 2.36. The fourth-order valence-corrected chi connectivity index (χ4v) is 1.82. The van der Waals surface area contributed by atoms with E-state index in [1.165, 1.54) is 19.4 Å². The lowest BCUT2D eigenvalue weighted by atomic mass is 10.2. The van der Waals surface area contributed by atoms with E-state index in [0.29, 0.717) is 0 Å². The Morgan fingerprint density at radius 2 is 2.45 bits per heavy atom. The zero-order valence-electron chi connectivity index (χ0n) is 7.34. The lowest BCUT2D eigenvalue weighted by Crippen LogP contribution is -2.39. The van der Waals surface area contributed by atoms with Crippen LogP contribution in [0, 0.1) is 0 Å². The molecular weight excluding hydrogens is 138 g/mol. The summed E-state index contributed by atoms with van der Waals surface area (Å²) >= 11 is 0. The van der Waals surface area contributed by atoms with Gasteiger partial charge in [-0.2, -0.15) is 0 Å². The Hall–Kier alpha value is -0.120. The topological polar surface area (TPSA) is 41.3 Å². The second-order valence-electron chi connectivity index (χ2n) is 3.18. The summed E-state index contributed by atoms with van der Waals surface area (Å²) in [5.41, 5.74) is 5.50. The molecule has 0 saturated carbocycles. The van der Waals surface area contributed by atoms with Crippen LogP contribution < -0.4 is 11.1 Å². The lowest BCUT2D eigenvalue weighted by molar-refractivity contribution is 0.257.